The van der Waals surface area contributed by atoms with Crippen molar-refractivity contribution in [3.8, 4) is 0 Å². The van der Waals surface area contributed by atoms with E-state index < -0.39 is 6.04 Å². The highest BCUT2D eigenvalue weighted by molar-refractivity contribution is 7.07. The Hall–Kier alpha value is -0.870. The molecule has 3 nitrogen and oxygen atoms in total. The lowest BCUT2D eigenvalue weighted by molar-refractivity contribution is -0.123. The molecule has 0 fully saturated rings. The van der Waals surface area contributed by atoms with Crippen LogP contribution in [0.15, 0.2) is 16.8 Å². The molecule has 2 unspecified atom stereocenters. The Kier molecular flexibility index (Phi) is 4.10. The van der Waals surface area contributed by atoms with E-state index in [1.165, 1.54) is 0 Å². The van der Waals surface area contributed by atoms with Crippen molar-refractivity contribution in [3.05, 3.63) is 22.4 Å². The number of carbonyl (C=O) groups excluding carboxylic acids is 1. The number of hydrogen-bond donors (Lipinski definition) is 2. The van der Waals surface area contributed by atoms with Crippen LogP contribution in [0.3, 0.4) is 0 Å². The predicted octanol–water partition coefficient (Wildman–Crippen LogP) is 1.66. The van der Waals surface area contributed by atoms with Crippen LogP contribution >= 0.6 is 11.3 Å². The normalized spacial score (nSPS) is 14.8. The van der Waals surface area contributed by atoms with E-state index in [0.29, 0.717) is 6.42 Å². The van der Waals surface area contributed by atoms with Crippen LogP contribution in [0.1, 0.15) is 31.9 Å². The lowest BCUT2D eigenvalue weighted by atomic mass is 10.1. The van der Waals surface area contributed by atoms with Crippen LogP contribution in [0, 0.1) is 0 Å². The summed E-state index contributed by atoms with van der Waals surface area (Å²) >= 11 is 1.63. The first-order chi connectivity index (χ1) is 6.65. The van der Waals surface area contributed by atoms with E-state index in [0.717, 1.165) is 5.56 Å². The standard InChI is InChI=1S/C10H16N2OS/c1-3-9(11)10(13)12-7(2)8-4-5-14-6-8/h4-7,9H,3,11H2,1-2H3,(H,12,13). The summed E-state index contributed by atoms with van der Waals surface area (Å²) in [4.78, 5) is 11.4. The van der Waals surface area contributed by atoms with Crippen LogP contribution in [-0.2, 0) is 4.79 Å². The summed E-state index contributed by atoms with van der Waals surface area (Å²) in [5.41, 5.74) is 6.74. The smallest absolute Gasteiger partial charge is 0.237 e. The van der Waals surface area contributed by atoms with E-state index in [2.05, 4.69) is 5.32 Å². The van der Waals surface area contributed by atoms with Gasteiger partial charge in [-0.05, 0) is 35.7 Å². The van der Waals surface area contributed by atoms with Crippen LogP contribution in [0.5, 0.6) is 0 Å². The first-order valence-electron chi connectivity index (χ1n) is 4.73. The second-order valence-electron chi connectivity index (χ2n) is 3.30. The molecule has 0 aromatic carbocycles. The molecule has 0 bridgehead atoms. The first-order valence-corrected chi connectivity index (χ1v) is 5.67. The summed E-state index contributed by atoms with van der Waals surface area (Å²) in [7, 11) is 0. The zero-order valence-corrected chi connectivity index (χ0v) is 9.30. The SMILES string of the molecule is CCC(N)C(=O)NC(C)c1ccsc1. The van der Waals surface area contributed by atoms with Gasteiger partial charge >= 0.3 is 0 Å². The Morgan fingerprint density at radius 3 is 2.93 bits per heavy atom. The predicted molar refractivity (Wildman–Crippen MR) is 59.1 cm³/mol. The van der Waals surface area contributed by atoms with Gasteiger partial charge in [0.15, 0.2) is 0 Å². The fraction of sp³-hybridized carbons (Fsp3) is 0.500. The third-order valence-electron chi connectivity index (χ3n) is 2.18. The van der Waals surface area contributed by atoms with Crippen molar-refractivity contribution < 1.29 is 4.79 Å². The zero-order valence-electron chi connectivity index (χ0n) is 8.49. The molecule has 0 radical (unpaired) electrons. The van der Waals surface area contributed by atoms with Crippen LogP contribution in [0.2, 0.25) is 0 Å². The molecule has 1 heterocycles. The molecule has 78 valence electrons. The molecule has 3 N–H and O–H groups in total. The lowest BCUT2D eigenvalue weighted by Crippen LogP contribution is -2.41. The van der Waals surface area contributed by atoms with Gasteiger partial charge in [0, 0.05) is 0 Å². The summed E-state index contributed by atoms with van der Waals surface area (Å²) in [6.07, 6.45) is 0.669. The number of amides is 1. The third-order valence-corrected chi connectivity index (χ3v) is 2.88. The molecule has 0 spiro atoms. The maximum atomic E-state index is 11.4. The highest BCUT2D eigenvalue weighted by Gasteiger charge is 2.14. The fourth-order valence-electron chi connectivity index (χ4n) is 1.11. The molecule has 1 rings (SSSR count). The van der Waals surface area contributed by atoms with Crippen molar-refractivity contribution in [2.24, 2.45) is 5.73 Å². The van der Waals surface area contributed by atoms with Gasteiger partial charge < -0.3 is 11.1 Å². The number of nitrogens with one attached hydrogen (secondary N) is 1. The Morgan fingerprint density at radius 1 is 1.71 bits per heavy atom. The Balaban J connectivity index is 2.49. The molecule has 1 aromatic heterocycles. The molecule has 4 heteroatoms. The van der Waals surface area contributed by atoms with Gasteiger partial charge in [0.2, 0.25) is 5.91 Å². The highest BCUT2D eigenvalue weighted by Crippen LogP contribution is 2.15. The molecule has 0 saturated carbocycles. The summed E-state index contributed by atoms with van der Waals surface area (Å²) in [6.45, 7) is 3.86. The van der Waals surface area contributed by atoms with E-state index in [-0.39, 0.29) is 11.9 Å². The topological polar surface area (TPSA) is 55.1 Å². The molecule has 1 aromatic rings. The number of rotatable bonds is 4. The van der Waals surface area contributed by atoms with E-state index in [9.17, 15) is 4.79 Å². The van der Waals surface area contributed by atoms with Gasteiger partial charge in [0.05, 0.1) is 12.1 Å². The fourth-order valence-corrected chi connectivity index (χ4v) is 1.86. The highest BCUT2D eigenvalue weighted by atomic mass is 32.1. The third kappa shape index (κ3) is 2.82. The number of nitrogens with two attached hydrogens (primary N) is 1. The number of hydrogen-bond acceptors (Lipinski definition) is 3. The van der Waals surface area contributed by atoms with Gasteiger partial charge in [-0.2, -0.15) is 11.3 Å². The molecule has 0 aliphatic carbocycles. The van der Waals surface area contributed by atoms with Crippen LogP contribution in [-0.4, -0.2) is 11.9 Å². The summed E-state index contributed by atoms with van der Waals surface area (Å²) < 4.78 is 0. The molecule has 0 aliphatic rings. The quantitative estimate of drug-likeness (QED) is 0.797. The van der Waals surface area contributed by atoms with Crippen molar-refractivity contribution in [1.82, 2.24) is 5.32 Å². The van der Waals surface area contributed by atoms with Gasteiger partial charge in [-0.1, -0.05) is 6.92 Å². The minimum absolute atomic E-state index is 0.0475. The second kappa shape index (κ2) is 5.12. The largest absolute Gasteiger partial charge is 0.348 e. The lowest BCUT2D eigenvalue weighted by Gasteiger charge is -2.15. The van der Waals surface area contributed by atoms with E-state index in [1.807, 2.05) is 30.7 Å². The monoisotopic (exact) mass is 212 g/mol. The van der Waals surface area contributed by atoms with Crippen LogP contribution in [0.4, 0.5) is 0 Å². The van der Waals surface area contributed by atoms with Crippen molar-refractivity contribution in [2.45, 2.75) is 32.4 Å². The molecule has 0 saturated heterocycles. The summed E-state index contributed by atoms with van der Waals surface area (Å²) in [5.74, 6) is -0.0776. The molecule has 1 amide bonds. The molecule has 14 heavy (non-hydrogen) atoms. The maximum Gasteiger partial charge on any atom is 0.237 e. The minimum Gasteiger partial charge on any atom is -0.348 e. The van der Waals surface area contributed by atoms with Crippen molar-refractivity contribution >= 4 is 17.2 Å². The number of carbonyl (C=O) groups is 1. The average molecular weight is 212 g/mol. The molecular weight excluding hydrogens is 196 g/mol. The molecule has 0 aliphatic heterocycles. The average Bonchev–Trinajstić information content (AvgIpc) is 2.69. The van der Waals surface area contributed by atoms with Crippen molar-refractivity contribution in [2.75, 3.05) is 0 Å². The van der Waals surface area contributed by atoms with Crippen molar-refractivity contribution in [1.29, 1.82) is 0 Å². The van der Waals surface area contributed by atoms with E-state index in [1.54, 1.807) is 11.3 Å². The Morgan fingerprint density at radius 2 is 2.43 bits per heavy atom. The molecular formula is C10H16N2OS. The van der Waals surface area contributed by atoms with Gasteiger partial charge in [-0.3, -0.25) is 4.79 Å². The zero-order chi connectivity index (χ0) is 10.6. The van der Waals surface area contributed by atoms with Gasteiger partial charge in [0.25, 0.3) is 0 Å². The molecule has 2 atom stereocenters. The van der Waals surface area contributed by atoms with Crippen molar-refractivity contribution in [3.63, 3.8) is 0 Å². The maximum absolute atomic E-state index is 11.4. The summed E-state index contributed by atoms with van der Waals surface area (Å²) in [6, 6.07) is 1.66. The number of thiophene rings is 1. The van der Waals surface area contributed by atoms with Gasteiger partial charge in [-0.25, -0.2) is 0 Å². The van der Waals surface area contributed by atoms with Gasteiger partial charge in [-0.15, -0.1) is 0 Å². The minimum atomic E-state index is -0.393. The Bertz CT molecular complexity index is 284. The van der Waals surface area contributed by atoms with Crippen LogP contribution in [0.25, 0.3) is 0 Å². The first kappa shape index (κ1) is 11.2. The Labute approximate surface area is 88.3 Å². The summed E-state index contributed by atoms with van der Waals surface area (Å²) in [5, 5.41) is 6.90. The van der Waals surface area contributed by atoms with E-state index in [4.69, 9.17) is 5.73 Å². The van der Waals surface area contributed by atoms with Gasteiger partial charge in [0.1, 0.15) is 0 Å². The van der Waals surface area contributed by atoms with Crippen LogP contribution < -0.4 is 11.1 Å². The van der Waals surface area contributed by atoms with E-state index >= 15 is 0 Å². The second-order valence-corrected chi connectivity index (χ2v) is 4.08.